The lowest BCUT2D eigenvalue weighted by Gasteiger charge is -2.04. The van der Waals surface area contributed by atoms with Gasteiger partial charge in [-0.1, -0.05) is 13.8 Å². The van der Waals surface area contributed by atoms with Crippen molar-refractivity contribution < 1.29 is 0 Å². The minimum Gasteiger partial charge on any atom is -0.307 e. The first-order chi connectivity index (χ1) is 9.47. The van der Waals surface area contributed by atoms with E-state index in [2.05, 4.69) is 55.5 Å². The Morgan fingerprint density at radius 3 is 2.43 bits per heavy atom. The van der Waals surface area contributed by atoms with E-state index in [9.17, 15) is 0 Å². The first-order valence-corrected chi connectivity index (χ1v) is 7.24. The van der Waals surface area contributed by atoms with Crippen LogP contribution in [0.1, 0.15) is 56.6 Å². The molecule has 6 heteroatoms. The predicted octanol–water partition coefficient (Wildman–Crippen LogP) is 3.03. The van der Waals surface area contributed by atoms with Gasteiger partial charge in [-0.15, -0.1) is 12.4 Å². The Bertz CT molecular complexity index is 556. The first kappa shape index (κ1) is 17.7. The highest BCUT2D eigenvalue weighted by Crippen LogP contribution is 2.13. The summed E-state index contributed by atoms with van der Waals surface area (Å²) >= 11 is 0. The molecule has 2 aromatic rings. The minimum atomic E-state index is 0. The van der Waals surface area contributed by atoms with Gasteiger partial charge >= 0.3 is 0 Å². The lowest BCUT2D eigenvalue weighted by Crippen LogP contribution is -2.15. The average Bonchev–Trinajstić information content (AvgIpc) is 2.97. The molecule has 0 amide bonds. The highest BCUT2D eigenvalue weighted by atomic mass is 35.5. The third-order valence-electron chi connectivity index (χ3n) is 3.41. The van der Waals surface area contributed by atoms with Gasteiger partial charge < -0.3 is 5.32 Å². The van der Waals surface area contributed by atoms with Crippen LogP contribution in [0.25, 0.3) is 0 Å². The van der Waals surface area contributed by atoms with Crippen molar-refractivity contribution in [2.45, 2.75) is 52.7 Å². The predicted molar refractivity (Wildman–Crippen MR) is 87.7 cm³/mol. The molecule has 0 bridgehead atoms. The van der Waals surface area contributed by atoms with Gasteiger partial charge in [-0.05, 0) is 25.8 Å². The molecule has 0 saturated carbocycles. The lowest BCUT2D eigenvalue weighted by atomic mass is 10.1. The molecular formula is C15H26ClN5. The molecule has 2 aromatic heterocycles. The van der Waals surface area contributed by atoms with Crippen molar-refractivity contribution in [3.63, 3.8) is 0 Å². The average molecular weight is 312 g/mol. The number of hydrogen-bond acceptors (Lipinski definition) is 3. The lowest BCUT2D eigenvalue weighted by molar-refractivity contribution is 0.531. The van der Waals surface area contributed by atoms with Crippen molar-refractivity contribution in [1.82, 2.24) is 24.9 Å². The van der Waals surface area contributed by atoms with Gasteiger partial charge in [0.2, 0.25) is 0 Å². The summed E-state index contributed by atoms with van der Waals surface area (Å²) < 4.78 is 3.94. The number of rotatable bonds is 6. The summed E-state index contributed by atoms with van der Waals surface area (Å²) in [4.78, 5) is 0. The zero-order chi connectivity index (χ0) is 14.7. The van der Waals surface area contributed by atoms with Crippen molar-refractivity contribution in [2.24, 2.45) is 7.05 Å². The molecular weight excluding hydrogens is 286 g/mol. The molecule has 0 aromatic carbocycles. The molecule has 0 atom stereocenters. The van der Waals surface area contributed by atoms with E-state index < -0.39 is 0 Å². The van der Waals surface area contributed by atoms with E-state index in [1.165, 1.54) is 11.3 Å². The van der Waals surface area contributed by atoms with Crippen LogP contribution in [0.4, 0.5) is 0 Å². The van der Waals surface area contributed by atoms with E-state index in [1.54, 1.807) is 0 Å². The molecule has 2 rings (SSSR count). The number of aromatic nitrogens is 4. The van der Waals surface area contributed by atoms with Crippen LogP contribution in [0.3, 0.4) is 0 Å². The molecule has 1 N–H and O–H groups in total. The van der Waals surface area contributed by atoms with Crippen molar-refractivity contribution in [3.05, 3.63) is 35.4 Å². The second-order valence-electron chi connectivity index (χ2n) is 5.86. The Kier molecular flexibility index (Phi) is 6.42. The third kappa shape index (κ3) is 4.58. The maximum atomic E-state index is 4.52. The van der Waals surface area contributed by atoms with E-state index in [1.807, 2.05) is 22.6 Å². The maximum Gasteiger partial charge on any atom is 0.0653 e. The van der Waals surface area contributed by atoms with Crippen LogP contribution in [-0.2, 0) is 20.1 Å². The molecule has 0 aliphatic rings. The van der Waals surface area contributed by atoms with Crippen LogP contribution in [0, 0.1) is 0 Å². The Hall–Kier alpha value is -1.33. The van der Waals surface area contributed by atoms with E-state index in [4.69, 9.17) is 0 Å². The third-order valence-corrected chi connectivity index (χ3v) is 3.41. The Morgan fingerprint density at radius 1 is 1.19 bits per heavy atom. The largest absolute Gasteiger partial charge is 0.307 e. The Morgan fingerprint density at radius 2 is 1.90 bits per heavy atom. The number of halogens is 1. The van der Waals surface area contributed by atoms with Crippen molar-refractivity contribution in [1.29, 1.82) is 0 Å². The van der Waals surface area contributed by atoms with Gasteiger partial charge in [-0.2, -0.15) is 10.2 Å². The zero-order valence-electron chi connectivity index (χ0n) is 13.5. The fraction of sp³-hybridized carbons (Fsp3) is 0.600. The second kappa shape index (κ2) is 7.61. The van der Waals surface area contributed by atoms with Gasteiger partial charge in [0, 0.05) is 37.9 Å². The van der Waals surface area contributed by atoms with Gasteiger partial charge in [0.15, 0.2) is 0 Å². The van der Waals surface area contributed by atoms with E-state index in [0.717, 1.165) is 18.8 Å². The summed E-state index contributed by atoms with van der Waals surface area (Å²) in [7, 11) is 2.00. The van der Waals surface area contributed by atoms with Crippen LogP contribution in [0.5, 0.6) is 0 Å². The summed E-state index contributed by atoms with van der Waals surface area (Å²) in [5.74, 6) is 0.472. The molecule has 21 heavy (non-hydrogen) atoms. The molecule has 0 spiro atoms. The highest BCUT2D eigenvalue weighted by molar-refractivity contribution is 5.85. The van der Waals surface area contributed by atoms with Crippen molar-refractivity contribution in [3.8, 4) is 0 Å². The monoisotopic (exact) mass is 311 g/mol. The number of aryl methyl sites for hydroxylation is 1. The van der Waals surface area contributed by atoms with E-state index in [0.29, 0.717) is 12.0 Å². The number of nitrogens with zero attached hydrogens (tertiary/aromatic N) is 4. The second-order valence-corrected chi connectivity index (χ2v) is 5.86. The normalized spacial score (nSPS) is 11.2. The summed E-state index contributed by atoms with van der Waals surface area (Å²) in [5.41, 5.74) is 3.58. The van der Waals surface area contributed by atoms with Crippen LogP contribution < -0.4 is 5.32 Å². The molecule has 0 aliphatic heterocycles. The quantitative estimate of drug-likeness (QED) is 0.892. The molecule has 0 aliphatic carbocycles. The van der Waals surface area contributed by atoms with Crippen LogP contribution in [-0.4, -0.2) is 19.6 Å². The summed E-state index contributed by atoms with van der Waals surface area (Å²) in [6.45, 7) is 10.2. The van der Waals surface area contributed by atoms with Crippen molar-refractivity contribution in [2.75, 3.05) is 0 Å². The van der Waals surface area contributed by atoms with Gasteiger partial charge in [-0.25, -0.2) is 0 Å². The van der Waals surface area contributed by atoms with Gasteiger partial charge in [0.1, 0.15) is 0 Å². The van der Waals surface area contributed by atoms with Crippen molar-refractivity contribution >= 4 is 12.4 Å². The summed E-state index contributed by atoms with van der Waals surface area (Å²) in [6, 6.07) is 2.59. The number of hydrogen-bond donors (Lipinski definition) is 1. The maximum absolute atomic E-state index is 4.52. The Balaban J connectivity index is 0.00000220. The zero-order valence-corrected chi connectivity index (χ0v) is 14.3. The molecule has 118 valence electrons. The topological polar surface area (TPSA) is 47.7 Å². The van der Waals surface area contributed by atoms with Crippen LogP contribution in [0.2, 0.25) is 0 Å². The highest BCUT2D eigenvalue weighted by Gasteiger charge is 2.08. The van der Waals surface area contributed by atoms with Gasteiger partial charge in [0.05, 0.1) is 17.6 Å². The molecule has 0 fully saturated rings. The Labute approximate surface area is 133 Å². The summed E-state index contributed by atoms with van der Waals surface area (Å²) in [5, 5.41) is 12.3. The smallest absolute Gasteiger partial charge is 0.0653 e. The standard InChI is InChI=1S/C15H25N5.ClH/c1-11(2)15-6-14(19(5)18-15)9-16-7-13-8-17-20(10-13)12(3)4;/h6,8,10-12,16H,7,9H2,1-5H3;1H. The van der Waals surface area contributed by atoms with Gasteiger partial charge in [0.25, 0.3) is 0 Å². The molecule has 0 saturated heterocycles. The van der Waals surface area contributed by atoms with Crippen LogP contribution in [0.15, 0.2) is 18.5 Å². The van der Waals surface area contributed by atoms with E-state index >= 15 is 0 Å². The molecule has 2 heterocycles. The minimum absolute atomic E-state index is 0. The molecule has 5 nitrogen and oxygen atoms in total. The van der Waals surface area contributed by atoms with Crippen LogP contribution >= 0.6 is 12.4 Å². The van der Waals surface area contributed by atoms with E-state index in [-0.39, 0.29) is 12.4 Å². The summed E-state index contributed by atoms with van der Waals surface area (Å²) in [6.07, 6.45) is 4.02. The molecule has 0 radical (unpaired) electrons. The SMILES string of the molecule is CC(C)c1cc(CNCc2cnn(C(C)C)c2)n(C)n1.Cl. The van der Waals surface area contributed by atoms with Gasteiger partial charge in [-0.3, -0.25) is 9.36 Å². The molecule has 0 unspecified atom stereocenters. The fourth-order valence-electron chi connectivity index (χ4n) is 2.06. The number of nitrogens with one attached hydrogen (secondary N) is 1. The fourth-order valence-corrected chi connectivity index (χ4v) is 2.06. The first-order valence-electron chi connectivity index (χ1n) is 7.24.